The summed E-state index contributed by atoms with van der Waals surface area (Å²) in [7, 11) is -4.45. The second kappa shape index (κ2) is 21.6. The Hall–Kier alpha value is -1.36. The number of fused-ring (bicyclic) bond motifs is 10. The molecule has 17 atom stereocenters. The second-order valence-corrected chi connectivity index (χ2v) is 25.4. The van der Waals surface area contributed by atoms with Crippen LogP contribution in [0.3, 0.4) is 0 Å². The maximum Gasteiger partial charge on any atom is 0.397 e. The van der Waals surface area contributed by atoms with Crippen molar-refractivity contribution < 1.29 is 32.2 Å². The first-order valence-electron chi connectivity index (χ1n) is 27.3. The van der Waals surface area contributed by atoms with E-state index < -0.39 is 22.1 Å². The van der Waals surface area contributed by atoms with Crippen molar-refractivity contribution in [2.24, 2.45) is 87.1 Å². The van der Waals surface area contributed by atoms with Gasteiger partial charge < -0.3 is 26.6 Å². The molecule has 0 saturated heterocycles. The summed E-state index contributed by atoms with van der Waals surface area (Å²) in [6.45, 7) is 17.5. The summed E-state index contributed by atoms with van der Waals surface area (Å²) in [6.07, 6.45) is 30.6. The molecule has 66 heavy (non-hydrogen) atoms. The highest BCUT2D eigenvalue weighted by Gasteiger charge is 2.64. The van der Waals surface area contributed by atoms with Crippen molar-refractivity contribution in [2.75, 3.05) is 26.2 Å². The molecule has 0 aromatic rings. The van der Waals surface area contributed by atoms with E-state index in [1.165, 1.54) is 63.4 Å². The molecule has 8 aliphatic rings. The Kier molecular flexibility index (Phi) is 17.1. The van der Waals surface area contributed by atoms with Crippen molar-refractivity contribution in [3.05, 3.63) is 11.6 Å². The molecule has 0 aromatic heterocycles. The molecule has 7 fully saturated rings. The van der Waals surface area contributed by atoms with E-state index in [1.807, 2.05) is 19.9 Å². The van der Waals surface area contributed by atoms with Crippen molar-refractivity contribution in [3.8, 4) is 12.3 Å². The number of nitrogens with two attached hydrogens (primary N) is 1. The largest absolute Gasteiger partial charge is 0.397 e. The van der Waals surface area contributed by atoms with Gasteiger partial charge in [-0.1, -0.05) is 53.0 Å². The Labute approximate surface area is 401 Å². The Morgan fingerprint density at radius 1 is 0.864 bits per heavy atom. The lowest BCUT2D eigenvalue weighted by atomic mass is 9.43. The number of terminal acetylenes is 1. The molecule has 10 nitrogen and oxygen atoms in total. The Balaban J connectivity index is 0.000000234. The number of nitrogens with one attached hydrogen (secondary N) is 2. The average Bonchev–Trinajstić information content (AvgIpc) is 3.80. The van der Waals surface area contributed by atoms with Crippen molar-refractivity contribution in [1.82, 2.24) is 10.6 Å². The summed E-state index contributed by atoms with van der Waals surface area (Å²) >= 11 is 0. The van der Waals surface area contributed by atoms with Crippen LogP contribution in [-0.4, -0.2) is 79.0 Å². The lowest BCUT2D eigenvalue weighted by molar-refractivity contribution is -0.167. The van der Waals surface area contributed by atoms with Gasteiger partial charge in [-0.3, -0.25) is 9.35 Å². The van der Waals surface area contributed by atoms with Gasteiger partial charge >= 0.3 is 10.4 Å². The number of hydrogen-bond donors (Lipinski definition) is 6. The van der Waals surface area contributed by atoms with Crippen molar-refractivity contribution >= 4 is 16.2 Å². The van der Waals surface area contributed by atoms with Gasteiger partial charge in [0.05, 0.1) is 12.2 Å². The van der Waals surface area contributed by atoms with Crippen LogP contribution in [0, 0.1) is 93.7 Å². The van der Waals surface area contributed by atoms with Gasteiger partial charge in [-0.15, -0.1) is 6.42 Å². The van der Waals surface area contributed by atoms with Crippen LogP contribution in [0.4, 0.5) is 0 Å². The molecular formula is C55H93N3O7S. The molecule has 0 radical (unpaired) electrons. The van der Waals surface area contributed by atoms with E-state index in [9.17, 15) is 28.0 Å². The highest BCUT2D eigenvalue weighted by atomic mass is 32.3. The SMILES string of the molecule is C#C[C@]1(O)CC[C@H]2[C@@H]3CCC4=CC(=O)CC[C@@H]4[C@H]3CC[C@@]21CC.CC(C)C(CC[C@@H](C)[C@H]1CC[C@H]2[C@@H]3[C@H](O)C[C@H]4C[C@@H](NCCCNCCCCN)CC[C@]4(C)[C@H]3CC[C@]12C)OS(=O)(=O)O. The van der Waals surface area contributed by atoms with Crippen LogP contribution in [0.1, 0.15) is 183 Å². The summed E-state index contributed by atoms with van der Waals surface area (Å²) in [4.78, 5) is 11.8. The van der Waals surface area contributed by atoms with Gasteiger partial charge in [0.2, 0.25) is 0 Å². The minimum atomic E-state index is -4.45. The van der Waals surface area contributed by atoms with Crippen LogP contribution in [-0.2, 0) is 19.4 Å². The normalized spacial score (nSPS) is 42.5. The molecule has 0 aromatic carbocycles. The highest BCUT2D eigenvalue weighted by Crippen LogP contribution is 2.69. The molecule has 7 saturated carbocycles. The van der Waals surface area contributed by atoms with Crippen LogP contribution < -0.4 is 16.4 Å². The molecule has 0 spiro atoms. The standard InChI is InChI=1S/C34H65N3O5S.C21H28O2/c1-23(2)31(42-43(39,40)41)12-9-24(3)27-10-11-28-32-29(14-16-34(27,28)5)33(4)15-13-26(21-25(33)22-30(32)38)37-20-8-19-36-18-7-6-17-35;1-3-20-11-9-17-16-8-6-15(22)13-14(16)5-7-18(17)19(20)10-12-21(20,23)4-2/h23-32,36-38H,6-22,35H2,1-5H3,(H,39,40,41);2,13,16-19,23H,3,5-12H2,1H3/t24-,25-,26+,27-,28+,29+,30-,31?,32+,33+,34-;16-,17+,18+,19-,20-,21-/m10/s1. The van der Waals surface area contributed by atoms with E-state index in [2.05, 4.69) is 44.2 Å². The van der Waals surface area contributed by atoms with E-state index >= 15 is 0 Å². The summed E-state index contributed by atoms with van der Waals surface area (Å²) < 4.78 is 37.1. The molecule has 1 unspecified atom stereocenters. The lowest BCUT2D eigenvalue weighted by Crippen LogP contribution is -2.59. The van der Waals surface area contributed by atoms with E-state index in [0.717, 1.165) is 103 Å². The number of aliphatic hydroxyl groups excluding tert-OH is 1. The molecule has 0 bridgehead atoms. The number of aliphatic hydroxyl groups is 2. The molecule has 11 heteroatoms. The number of allylic oxidation sites excluding steroid dienone is 1. The maximum atomic E-state index is 11.8. The second-order valence-electron chi connectivity index (χ2n) is 24.3. The van der Waals surface area contributed by atoms with Crippen molar-refractivity contribution in [1.29, 1.82) is 0 Å². The predicted molar refractivity (Wildman–Crippen MR) is 264 cm³/mol. The molecule has 0 amide bonds. The first kappa shape index (κ1) is 52.5. The fraction of sp³-hybridized carbons (Fsp3) is 0.909. The minimum Gasteiger partial charge on any atom is -0.393 e. The van der Waals surface area contributed by atoms with Gasteiger partial charge in [0.15, 0.2) is 5.78 Å². The predicted octanol–water partition coefficient (Wildman–Crippen LogP) is 9.44. The van der Waals surface area contributed by atoms with Crippen LogP contribution >= 0.6 is 0 Å². The van der Waals surface area contributed by atoms with Crippen LogP contribution in [0.15, 0.2) is 11.6 Å². The minimum absolute atomic E-state index is 0.0152. The Morgan fingerprint density at radius 2 is 1.59 bits per heavy atom. The van der Waals surface area contributed by atoms with Gasteiger partial charge in [0.25, 0.3) is 0 Å². The average molecular weight is 940 g/mol. The monoisotopic (exact) mass is 940 g/mol. The maximum absolute atomic E-state index is 11.8. The van der Waals surface area contributed by atoms with Crippen molar-refractivity contribution in [3.63, 3.8) is 0 Å². The fourth-order valence-corrected chi connectivity index (χ4v) is 18.3. The number of rotatable bonds is 17. The lowest BCUT2D eigenvalue weighted by Gasteiger charge is -2.62. The smallest absolute Gasteiger partial charge is 0.393 e. The summed E-state index contributed by atoms with van der Waals surface area (Å²) in [5.41, 5.74) is 6.61. The third-order valence-electron chi connectivity index (χ3n) is 21.1. The number of carbonyl (C=O) groups excluding carboxylic acids is 1. The molecule has 8 rings (SSSR count). The van der Waals surface area contributed by atoms with Gasteiger partial charge in [-0.25, -0.2) is 4.18 Å². The zero-order valence-corrected chi connectivity index (χ0v) is 42.9. The van der Waals surface area contributed by atoms with Crippen LogP contribution in [0.2, 0.25) is 0 Å². The third-order valence-corrected chi connectivity index (χ3v) is 21.6. The zero-order valence-electron chi connectivity index (χ0n) is 42.1. The Bertz CT molecular complexity index is 1830. The van der Waals surface area contributed by atoms with Crippen molar-refractivity contribution in [2.45, 2.75) is 207 Å². The first-order valence-corrected chi connectivity index (χ1v) is 28.6. The van der Waals surface area contributed by atoms with Gasteiger partial charge in [-0.2, -0.15) is 8.42 Å². The third kappa shape index (κ3) is 10.5. The summed E-state index contributed by atoms with van der Waals surface area (Å²) in [5.74, 6) is 8.94. The van der Waals surface area contributed by atoms with Crippen LogP contribution in [0.5, 0.6) is 0 Å². The quantitative estimate of drug-likeness (QED) is 0.0469. The molecular weight excluding hydrogens is 847 g/mol. The number of carbonyl (C=O) groups is 1. The summed E-state index contributed by atoms with van der Waals surface area (Å²) in [5, 5.41) is 30.3. The summed E-state index contributed by atoms with van der Waals surface area (Å²) in [6, 6.07) is 0.573. The van der Waals surface area contributed by atoms with E-state index in [4.69, 9.17) is 16.3 Å². The zero-order chi connectivity index (χ0) is 47.7. The van der Waals surface area contributed by atoms with E-state index in [1.54, 1.807) is 0 Å². The topological polar surface area (TPSA) is 171 Å². The number of hydrogen-bond acceptors (Lipinski definition) is 9. The first-order chi connectivity index (χ1) is 31.3. The van der Waals surface area contributed by atoms with Gasteiger partial charge in [0.1, 0.15) is 5.60 Å². The molecule has 376 valence electrons. The van der Waals surface area contributed by atoms with Gasteiger partial charge in [-0.05, 0) is 243 Å². The number of ketones is 1. The molecule has 0 heterocycles. The van der Waals surface area contributed by atoms with Crippen LogP contribution in [0.25, 0.3) is 0 Å². The fourth-order valence-electron chi connectivity index (χ4n) is 17.7. The Morgan fingerprint density at radius 3 is 2.30 bits per heavy atom. The van der Waals surface area contributed by atoms with E-state index in [-0.39, 0.29) is 22.9 Å². The molecule has 0 aliphatic heterocycles. The van der Waals surface area contributed by atoms with Gasteiger partial charge in [0, 0.05) is 17.9 Å². The number of unbranched alkanes of at least 4 members (excludes halogenated alkanes) is 1. The highest BCUT2D eigenvalue weighted by molar-refractivity contribution is 7.80. The van der Waals surface area contributed by atoms with E-state index in [0.29, 0.717) is 82.8 Å². The molecule has 8 aliphatic carbocycles. The molecule has 7 N–H and O–H groups in total.